The third-order valence-corrected chi connectivity index (χ3v) is 5.88. The standard InChI is InChI=1S/C17H20N8O3S/c1-10-22-15(29-24-10)23-14(26)17(8-19-16(27)28)3-6-25(7-4-17)13-11-2-5-18-12(11)20-9-21-13/h2,5,9,19H,3-4,6-8H2,1H3,(H,27,28)(H,18,20,21)(H,22,23,24,26). The van der Waals surface area contributed by atoms with Gasteiger partial charge in [0.05, 0.1) is 10.8 Å². The molecule has 2 amide bonds. The summed E-state index contributed by atoms with van der Waals surface area (Å²) in [7, 11) is 0. The number of nitrogens with zero attached hydrogens (tertiary/aromatic N) is 5. The van der Waals surface area contributed by atoms with Gasteiger partial charge in [-0.3, -0.25) is 4.79 Å². The molecule has 1 aliphatic rings. The number of aromatic amines is 1. The molecule has 0 unspecified atom stereocenters. The minimum atomic E-state index is -1.16. The van der Waals surface area contributed by atoms with Crippen LogP contribution in [0.3, 0.4) is 0 Å². The van der Waals surface area contributed by atoms with E-state index in [0.717, 1.165) is 28.4 Å². The Kier molecular flexibility index (Phi) is 5.01. The number of nitrogens with one attached hydrogen (secondary N) is 3. The molecule has 0 bridgehead atoms. The van der Waals surface area contributed by atoms with Crippen LogP contribution in [0, 0.1) is 12.3 Å². The van der Waals surface area contributed by atoms with Gasteiger partial charge in [0.2, 0.25) is 11.0 Å². The number of anilines is 2. The molecule has 0 atom stereocenters. The SMILES string of the molecule is Cc1nsc(NC(=O)C2(CNC(=O)O)CCN(c3ncnc4[nH]ccc34)CC2)n1. The first-order valence-corrected chi connectivity index (χ1v) is 9.86. The summed E-state index contributed by atoms with van der Waals surface area (Å²) in [5, 5.41) is 15.6. The molecule has 11 nitrogen and oxygen atoms in total. The first kappa shape index (κ1) is 19.1. The van der Waals surface area contributed by atoms with E-state index in [2.05, 4.69) is 39.8 Å². The van der Waals surface area contributed by atoms with E-state index in [1.165, 1.54) is 6.33 Å². The van der Waals surface area contributed by atoms with Gasteiger partial charge in [0.1, 0.15) is 23.6 Å². The Morgan fingerprint density at radius 3 is 2.83 bits per heavy atom. The lowest BCUT2D eigenvalue weighted by Crippen LogP contribution is -2.52. The largest absolute Gasteiger partial charge is 0.465 e. The molecule has 4 N–H and O–H groups in total. The van der Waals surface area contributed by atoms with Crippen LogP contribution in [0.15, 0.2) is 18.6 Å². The molecule has 0 radical (unpaired) electrons. The molecule has 0 aromatic carbocycles. The minimum Gasteiger partial charge on any atom is -0.465 e. The first-order valence-electron chi connectivity index (χ1n) is 9.08. The minimum absolute atomic E-state index is 0.0309. The van der Waals surface area contributed by atoms with E-state index in [1.54, 1.807) is 6.92 Å². The summed E-state index contributed by atoms with van der Waals surface area (Å²) in [6.45, 7) is 2.89. The summed E-state index contributed by atoms with van der Waals surface area (Å²) < 4.78 is 4.07. The van der Waals surface area contributed by atoms with Crippen LogP contribution in [0.2, 0.25) is 0 Å². The zero-order chi connectivity index (χ0) is 20.4. The number of fused-ring (bicyclic) bond motifs is 1. The van der Waals surface area contributed by atoms with Crippen molar-refractivity contribution in [2.24, 2.45) is 5.41 Å². The summed E-state index contributed by atoms with van der Waals surface area (Å²) >= 11 is 1.10. The number of carbonyl (C=O) groups is 2. The van der Waals surface area contributed by atoms with Gasteiger partial charge in [-0.15, -0.1) is 0 Å². The van der Waals surface area contributed by atoms with Gasteiger partial charge in [-0.25, -0.2) is 19.7 Å². The molecule has 0 saturated carbocycles. The van der Waals surface area contributed by atoms with E-state index in [4.69, 9.17) is 5.11 Å². The Hall–Kier alpha value is -3.28. The molecule has 1 saturated heterocycles. The van der Waals surface area contributed by atoms with Gasteiger partial charge in [0, 0.05) is 37.4 Å². The van der Waals surface area contributed by atoms with Crippen LogP contribution < -0.4 is 15.5 Å². The molecule has 152 valence electrons. The zero-order valence-electron chi connectivity index (χ0n) is 15.7. The van der Waals surface area contributed by atoms with Crippen LogP contribution in [-0.4, -0.2) is 61.1 Å². The molecular weight excluding hydrogens is 396 g/mol. The van der Waals surface area contributed by atoms with E-state index in [9.17, 15) is 9.59 Å². The van der Waals surface area contributed by atoms with Gasteiger partial charge in [-0.2, -0.15) is 4.37 Å². The van der Waals surface area contributed by atoms with E-state index in [1.807, 2.05) is 12.3 Å². The van der Waals surface area contributed by atoms with Crippen LogP contribution >= 0.6 is 11.5 Å². The number of H-pyrrole nitrogens is 1. The summed E-state index contributed by atoms with van der Waals surface area (Å²) in [6.07, 6.45) is 3.09. The number of carboxylic acid groups (broad SMARTS) is 1. The monoisotopic (exact) mass is 416 g/mol. The zero-order valence-corrected chi connectivity index (χ0v) is 16.5. The highest BCUT2D eigenvalue weighted by atomic mass is 32.1. The number of amides is 2. The van der Waals surface area contributed by atoms with Crippen molar-refractivity contribution in [2.75, 3.05) is 29.9 Å². The van der Waals surface area contributed by atoms with E-state index < -0.39 is 11.5 Å². The highest BCUT2D eigenvalue weighted by Gasteiger charge is 2.42. The maximum atomic E-state index is 13.1. The van der Waals surface area contributed by atoms with Crippen molar-refractivity contribution in [2.45, 2.75) is 19.8 Å². The van der Waals surface area contributed by atoms with Crippen LogP contribution in [-0.2, 0) is 4.79 Å². The van der Waals surface area contributed by atoms with Gasteiger partial charge in [-0.1, -0.05) is 0 Å². The van der Waals surface area contributed by atoms with Crippen molar-refractivity contribution < 1.29 is 14.7 Å². The number of piperidine rings is 1. The van der Waals surface area contributed by atoms with Gasteiger partial charge in [0.15, 0.2) is 0 Å². The van der Waals surface area contributed by atoms with Crippen molar-refractivity contribution in [1.82, 2.24) is 29.6 Å². The Morgan fingerprint density at radius 2 is 2.14 bits per heavy atom. The third kappa shape index (κ3) is 3.83. The second-order valence-electron chi connectivity index (χ2n) is 6.96. The van der Waals surface area contributed by atoms with Crippen molar-refractivity contribution in [3.8, 4) is 0 Å². The molecule has 1 aliphatic heterocycles. The Bertz CT molecular complexity index is 1040. The van der Waals surface area contributed by atoms with Crippen LogP contribution in [0.1, 0.15) is 18.7 Å². The van der Waals surface area contributed by atoms with Crippen molar-refractivity contribution in [1.29, 1.82) is 0 Å². The quantitative estimate of drug-likeness (QED) is 0.490. The summed E-state index contributed by atoms with van der Waals surface area (Å²) in [6, 6.07) is 1.92. The van der Waals surface area contributed by atoms with Crippen LogP contribution in [0.25, 0.3) is 11.0 Å². The third-order valence-electron chi connectivity index (χ3n) is 5.16. The maximum absolute atomic E-state index is 13.1. The lowest BCUT2D eigenvalue weighted by Gasteiger charge is -2.40. The number of carbonyl (C=O) groups excluding carboxylic acids is 1. The smallest absolute Gasteiger partial charge is 0.404 e. The fourth-order valence-electron chi connectivity index (χ4n) is 3.56. The molecule has 12 heteroatoms. The van der Waals surface area contributed by atoms with Crippen LogP contribution in [0.5, 0.6) is 0 Å². The summed E-state index contributed by atoms with van der Waals surface area (Å²) in [5.74, 6) is 1.13. The van der Waals surface area contributed by atoms with Crippen molar-refractivity contribution in [3.05, 3.63) is 24.4 Å². The van der Waals surface area contributed by atoms with Gasteiger partial charge < -0.3 is 25.6 Å². The molecule has 4 heterocycles. The van der Waals surface area contributed by atoms with E-state index in [0.29, 0.717) is 36.9 Å². The molecule has 4 rings (SSSR count). The van der Waals surface area contributed by atoms with Crippen LogP contribution in [0.4, 0.5) is 15.7 Å². The Labute approximate surface area is 169 Å². The molecular formula is C17H20N8O3S. The maximum Gasteiger partial charge on any atom is 0.404 e. The van der Waals surface area contributed by atoms with Crippen molar-refractivity contribution in [3.63, 3.8) is 0 Å². The number of rotatable bonds is 5. The Morgan fingerprint density at radius 1 is 1.34 bits per heavy atom. The fourth-order valence-corrected chi connectivity index (χ4v) is 4.13. The predicted octanol–water partition coefficient (Wildman–Crippen LogP) is 1.61. The molecule has 29 heavy (non-hydrogen) atoms. The highest BCUT2D eigenvalue weighted by molar-refractivity contribution is 7.09. The Balaban J connectivity index is 1.53. The molecule has 3 aromatic heterocycles. The number of aryl methyl sites for hydroxylation is 1. The molecule has 1 fully saturated rings. The lowest BCUT2D eigenvalue weighted by atomic mass is 9.77. The number of hydrogen-bond acceptors (Lipinski definition) is 8. The van der Waals surface area contributed by atoms with Gasteiger partial charge >= 0.3 is 6.09 Å². The molecule has 0 spiro atoms. The highest BCUT2D eigenvalue weighted by Crippen LogP contribution is 2.35. The predicted molar refractivity (Wildman–Crippen MR) is 107 cm³/mol. The molecule has 3 aromatic rings. The van der Waals surface area contributed by atoms with Gasteiger partial charge in [-0.05, 0) is 25.8 Å². The number of hydrogen-bond donors (Lipinski definition) is 4. The summed E-state index contributed by atoms with van der Waals surface area (Å²) in [4.78, 5) is 42.1. The summed E-state index contributed by atoms with van der Waals surface area (Å²) in [5.41, 5.74) is -0.123. The second kappa shape index (κ2) is 7.62. The fraction of sp³-hybridized carbons (Fsp3) is 0.412. The number of aromatic nitrogens is 5. The van der Waals surface area contributed by atoms with Crippen molar-refractivity contribution >= 4 is 45.5 Å². The lowest BCUT2D eigenvalue weighted by molar-refractivity contribution is -0.126. The first-order chi connectivity index (χ1) is 14.0. The molecule has 0 aliphatic carbocycles. The van der Waals surface area contributed by atoms with E-state index >= 15 is 0 Å². The average Bonchev–Trinajstić information content (AvgIpc) is 3.35. The average molecular weight is 416 g/mol. The topological polar surface area (TPSA) is 149 Å². The second-order valence-corrected chi connectivity index (χ2v) is 7.72. The van der Waals surface area contributed by atoms with E-state index in [-0.39, 0.29) is 12.5 Å². The van der Waals surface area contributed by atoms with Gasteiger partial charge in [0.25, 0.3) is 0 Å². The normalized spacial score (nSPS) is 16.0.